The number of fused-ring (bicyclic) bond motifs is 2. The van der Waals surface area contributed by atoms with Crippen molar-refractivity contribution in [2.45, 2.75) is 33.1 Å². The summed E-state index contributed by atoms with van der Waals surface area (Å²) in [4.78, 5) is 25.0. The Kier molecular flexibility index (Phi) is 2.94. The number of hydrogen-bond donors (Lipinski definition) is 1. The average molecular weight is 293 g/mol. The van der Waals surface area contributed by atoms with Crippen LogP contribution in [-0.4, -0.2) is 11.7 Å². The normalized spacial score (nSPS) is 29.7. The highest BCUT2D eigenvalue weighted by molar-refractivity contribution is 6.14. The van der Waals surface area contributed by atoms with E-state index in [4.69, 9.17) is 0 Å². The number of benzene rings is 1. The Labute approximate surface area is 121 Å². The maximum atomic E-state index is 13.2. The Hall–Kier alpha value is -1.78. The van der Waals surface area contributed by atoms with Crippen LogP contribution in [0.5, 0.6) is 0 Å². The summed E-state index contributed by atoms with van der Waals surface area (Å²) in [6.45, 7) is 3.89. The highest BCUT2D eigenvalue weighted by Gasteiger charge is 2.68. The molecular formula is C16H17F2NO2. The number of halogens is 2. The van der Waals surface area contributed by atoms with Gasteiger partial charge in [0.1, 0.15) is 11.2 Å². The number of carbonyl (C=O) groups excluding carboxylic acids is 2. The van der Waals surface area contributed by atoms with Crippen LogP contribution in [0.25, 0.3) is 0 Å². The first-order valence-electron chi connectivity index (χ1n) is 7.09. The van der Waals surface area contributed by atoms with E-state index in [2.05, 4.69) is 5.32 Å². The molecule has 112 valence electrons. The van der Waals surface area contributed by atoms with E-state index in [1.807, 2.05) is 13.8 Å². The topological polar surface area (TPSA) is 46.2 Å². The second-order valence-electron chi connectivity index (χ2n) is 6.57. The van der Waals surface area contributed by atoms with Gasteiger partial charge in [-0.25, -0.2) is 8.78 Å². The zero-order valence-electron chi connectivity index (χ0n) is 12.0. The smallest absolute Gasteiger partial charge is 0.238 e. The molecule has 1 aromatic carbocycles. The Balaban J connectivity index is 1.91. The monoisotopic (exact) mass is 293 g/mol. The first kappa shape index (κ1) is 14.2. The molecule has 2 atom stereocenters. The molecule has 3 rings (SSSR count). The number of rotatable bonds is 2. The van der Waals surface area contributed by atoms with Gasteiger partial charge in [0.2, 0.25) is 5.91 Å². The van der Waals surface area contributed by atoms with Gasteiger partial charge in [-0.1, -0.05) is 13.8 Å². The first-order valence-corrected chi connectivity index (χ1v) is 7.09. The number of ketones is 1. The highest BCUT2D eigenvalue weighted by atomic mass is 19.2. The van der Waals surface area contributed by atoms with Crippen molar-refractivity contribution < 1.29 is 18.4 Å². The number of carbonyl (C=O) groups is 2. The predicted molar refractivity (Wildman–Crippen MR) is 73.5 cm³/mol. The molecule has 3 nitrogen and oxygen atoms in total. The van der Waals surface area contributed by atoms with Gasteiger partial charge in [0.15, 0.2) is 11.6 Å². The molecule has 2 aliphatic carbocycles. The Morgan fingerprint density at radius 3 is 2.52 bits per heavy atom. The summed E-state index contributed by atoms with van der Waals surface area (Å²) in [7, 11) is 0. The van der Waals surface area contributed by atoms with E-state index < -0.39 is 28.4 Å². The molecule has 2 bridgehead atoms. The van der Waals surface area contributed by atoms with Crippen LogP contribution in [0.15, 0.2) is 18.2 Å². The fourth-order valence-corrected chi connectivity index (χ4v) is 4.02. The van der Waals surface area contributed by atoms with Gasteiger partial charge in [0.05, 0.1) is 0 Å². The highest BCUT2D eigenvalue weighted by Crippen LogP contribution is 2.64. The van der Waals surface area contributed by atoms with Crippen LogP contribution in [0.1, 0.15) is 33.1 Å². The molecule has 1 amide bonds. The van der Waals surface area contributed by atoms with Crippen molar-refractivity contribution in [3.8, 4) is 0 Å². The van der Waals surface area contributed by atoms with Crippen molar-refractivity contribution in [2.24, 2.45) is 16.7 Å². The summed E-state index contributed by atoms with van der Waals surface area (Å²) < 4.78 is 26.2. The van der Waals surface area contributed by atoms with E-state index in [1.165, 1.54) is 6.07 Å². The molecule has 0 spiro atoms. The van der Waals surface area contributed by atoms with E-state index in [9.17, 15) is 18.4 Å². The van der Waals surface area contributed by atoms with Crippen LogP contribution >= 0.6 is 0 Å². The Bertz CT molecular complexity index is 641. The molecule has 0 saturated heterocycles. The van der Waals surface area contributed by atoms with Crippen LogP contribution in [0, 0.1) is 28.4 Å². The summed E-state index contributed by atoms with van der Waals surface area (Å²) in [6.07, 6.45) is 1.81. The Morgan fingerprint density at radius 2 is 2.00 bits per heavy atom. The number of Topliss-reactive ketones (excluding diaryl/α,β-unsaturated/α-hetero) is 1. The van der Waals surface area contributed by atoms with E-state index in [0.717, 1.165) is 18.6 Å². The lowest BCUT2D eigenvalue weighted by molar-refractivity contribution is -0.141. The van der Waals surface area contributed by atoms with Crippen LogP contribution in [0.4, 0.5) is 14.5 Å². The average Bonchev–Trinajstić information content (AvgIpc) is 2.77. The SMILES string of the molecule is CC1(C)[C@H]2CC[C@]1(C(=O)Nc1ccc(F)c(F)c1)C(=O)C2. The Morgan fingerprint density at radius 1 is 1.29 bits per heavy atom. The van der Waals surface area contributed by atoms with Gasteiger partial charge in [-0.2, -0.15) is 0 Å². The predicted octanol–water partition coefficient (Wildman–Crippen LogP) is 3.30. The van der Waals surface area contributed by atoms with Crippen molar-refractivity contribution in [1.82, 2.24) is 0 Å². The first-order chi connectivity index (χ1) is 9.79. The fraction of sp³-hybridized carbons (Fsp3) is 0.500. The minimum Gasteiger partial charge on any atom is -0.325 e. The minimum atomic E-state index is -1.04. The van der Waals surface area contributed by atoms with Crippen molar-refractivity contribution >= 4 is 17.4 Å². The molecule has 5 heteroatoms. The summed E-state index contributed by atoms with van der Waals surface area (Å²) in [5, 5.41) is 2.59. The standard InChI is InChI=1S/C16H17F2NO2/c1-15(2)9-5-6-16(15,13(20)7-9)14(21)19-10-3-4-11(17)12(18)8-10/h3-4,8-9H,5-7H2,1-2H3,(H,19,21)/t9-,16+/m0/s1. The number of hydrogen-bond acceptors (Lipinski definition) is 2. The number of amides is 1. The van der Waals surface area contributed by atoms with Crippen LogP contribution in [0.3, 0.4) is 0 Å². The lowest BCUT2D eigenvalue weighted by Crippen LogP contribution is -2.46. The number of nitrogens with one attached hydrogen (secondary N) is 1. The molecule has 1 aromatic rings. The van der Waals surface area contributed by atoms with Gasteiger partial charge in [-0.05, 0) is 36.3 Å². The van der Waals surface area contributed by atoms with Gasteiger partial charge in [-0.3, -0.25) is 9.59 Å². The van der Waals surface area contributed by atoms with Crippen molar-refractivity contribution in [1.29, 1.82) is 0 Å². The maximum absolute atomic E-state index is 13.2. The van der Waals surface area contributed by atoms with E-state index in [1.54, 1.807) is 0 Å². The molecular weight excluding hydrogens is 276 g/mol. The third kappa shape index (κ3) is 1.76. The molecule has 2 saturated carbocycles. The lowest BCUT2D eigenvalue weighted by Gasteiger charge is -2.34. The zero-order chi connectivity index (χ0) is 15.4. The summed E-state index contributed by atoms with van der Waals surface area (Å²) >= 11 is 0. The molecule has 0 heterocycles. The minimum absolute atomic E-state index is 0.0381. The molecule has 2 fully saturated rings. The zero-order valence-corrected chi connectivity index (χ0v) is 12.0. The molecule has 0 aliphatic heterocycles. The molecule has 0 radical (unpaired) electrons. The molecule has 2 aliphatic rings. The van der Waals surface area contributed by atoms with E-state index in [0.29, 0.717) is 12.8 Å². The van der Waals surface area contributed by atoms with Gasteiger partial charge < -0.3 is 5.32 Å². The molecule has 0 unspecified atom stereocenters. The largest absolute Gasteiger partial charge is 0.325 e. The quantitative estimate of drug-likeness (QED) is 0.850. The van der Waals surface area contributed by atoms with E-state index in [-0.39, 0.29) is 17.4 Å². The molecule has 1 N–H and O–H groups in total. The number of anilines is 1. The van der Waals surface area contributed by atoms with Gasteiger partial charge in [0, 0.05) is 18.2 Å². The second-order valence-corrected chi connectivity index (χ2v) is 6.57. The molecule has 21 heavy (non-hydrogen) atoms. The summed E-state index contributed by atoms with van der Waals surface area (Å²) in [5.41, 5.74) is -1.26. The van der Waals surface area contributed by atoms with Crippen molar-refractivity contribution in [3.05, 3.63) is 29.8 Å². The summed E-state index contributed by atoms with van der Waals surface area (Å²) in [6, 6.07) is 3.19. The lowest BCUT2D eigenvalue weighted by atomic mass is 9.68. The van der Waals surface area contributed by atoms with Crippen LogP contribution in [0.2, 0.25) is 0 Å². The second kappa shape index (κ2) is 4.36. The van der Waals surface area contributed by atoms with Gasteiger partial charge in [-0.15, -0.1) is 0 Å². The van der Waals surface area contributed by atoms with E-state index >= 15 is 0 Å². The molecule has 0 aromatic heterocycles. The van der Waals surface area contributed by atoms with Crippen LogP contribution in [-0.2, 0) is 9.59 Å². The van der Waals surface area contributed by atoms with Crippen molar-refractivity contribution in [3.63, 3.8) is 0 Å². The maximum Gasteiger partial charge on any atom is 0.238 e. The van der Waals surface area contributed by atoms with Crippen molar-refractivity contribution in [2.75, 3.05) is 5.32 Å². The third-order valence-electron chi connectivity index (χ3n) is 5.46. The van der Waals surface area contributed by atoms with Gasteiger partial charge in [0.25, 0.3) is 0 Å². The fourth-order valence-electron chi connectivity index (χ4n) is 4.02. The van der Waals surface area contributed by atoms with Gasteiger partial charge >= 0.3 is 0 Å². The van der Waals surface area contributed by atoms with Crippen LogP contribution < -0.4 is 5.32 Å². The summed E-state index contributed by atoms with van der Waals surface area (Å²) in [5.74, 6) is -2.20. The third-order valence-corrected chi connectivity index (χ3v) is 5.46.